The van der Waals surface area contributed by atoms with E-state index in [1.54, 1.807) is 37.3 Å². The van der Waals surface area contributed by atoms with Gasteiger partial charge in [0.05, 0.1) is 6.61 Å². The van der Waals surface area contributed by atoms with Crippen LogP contribution in [0.2, 0.25) is 0 Å². The van der Waals surface area contributed by atoms with Crippen LogP contribution in [-0.4, -0.2) is 23.6 Å². The Morgan fingerprint density at radius 3 is 2.56 bits per heavy atom. The van der Waals surface area contributed by atoms with E-state index in [-0.39, 0.29) is 18.1 Å². The van der Waals surface area contributed by atoms with Crippen LogP contribution >= 0.6 is 0 Å². The van der Waals surface area contributed by atoms with E-state index in [0.29, 0.717) is 29.2 Å². The summed E-state index contributed by atoms with van der Waals surface area (Å²) in [6, 6.07) is 10.9. The number of halogens is 1. The molecular formula is C20H20FNO5. The number of carboxylic acid groups (broad SMARTS) is 1. The van der Waals surface area contributed by atoms with Crippen LogP contribution in [0.25, 0.3) is 6.08 Å². The fraction of sp³-hybridized carbons (Fsp3) is 0.200. The van der Waals surface area contributed by atoms with Crippen LogP contribution in [0.5, 0.6) is 11.5 Å². The minimum atomic E-state index is -1.26. The Morgan fingerprint density at radius 1 is 1.15 bits per heavy atom. The van der Waals surface area contributed by atoms with Crippen molar-refractivity contribution in [2.75, 3.05) is 6.61 Å². The van der Waals surface area contributed by atoms with Crippen molar-refractivity contribution in [3.05, 3.63) is 65.1 Å². The molecule has 0 aliphatic heterocycles. The van der Waals surface area contributed by atoms with Crippen molar-refractivity contribution in [3.63, 3.8) is 0 Å². The first-order valence-corrected chi connectivity index (χ1v) is 8.25. The van der Waals surface area contributed by atoms with Gasteiger partial charge in [-0.05, 0) is 48.4 Å². The molecule has 2 rings (SSSR count). The number of nitrogens with one attached hydrogen (secondary N) is 1. The second kappa shape index (κ2) is 9.38. The van der Waals surface area contributed by atoms with E-state index in [9.17, 15) is 19.1 Å². The standard InChI is InChI=1S/C20H20FNO5/c1-3-26-19-11-14(10-17(20(24)25)22-13(2)23)7-8-18(19)27-12-15-5-4-6-16(21)9-15/h4-11H,3,12H2,1-2H3,(H,22,23)(H,24,25). The Bertz CT molecular complexity index is 863. The van der Waals surface area contributed by atoms with Gasteiger partial charge in [-0.15, -0.1) is 0 Å². The molecule has 2 N–H and O–H groups in total. The Balaban J connectivity index is 2.24. The highest BCUT2D eigenvalue weighted by Crippen LogP contribution is 2.30. The molecule has 142 valence electrons. The van der Waals surface area contributed by atoms with Crippen LogP contribution in [0.3, 0.4) is 0 Å². The molecule has 0 aliphatic carbocycles. The van der Waals surface area contributed by atoms with Crippen molar-refractivity contribution in [2.45, 2.75) is 20.5 Å². The summed E-state index contributed by atoms with van der Waals surface area (Å²) in [6.45, 7) is 3.56. The largest absolute Gasteiger partial charge is 0.490 e. The zero-order valence-corrected chi connectivity index (χ0v) is 15.0. The lowest BCUT2D eigenvalue weighted by atomic mass is 10.1. The van der Waals surface area contributed by atoms with Crippen LogP contribution in [0.15, 0.2) is 48.2 Å². The number of carbonyl (C=O) groups is 2. The van der Waals surface area contributed by atoms with Gasteiger partial charge in [0.1, 0.15) is 18.1 Å². The average Bonchev–Trinajstić information content (AvgIpc) is 2.60. The monoisotopic (exact) mass is 373 g/mol. The maximum absolute atomic E-state index is 13.3. The summed E-state index contributed by atoms with van der Waals surface area (Å²) in [5.74, 6) is -1.23. The van der Waals surface area contributed by atoms with E-state index < -0.39 is 11.9 Å². The van der Waals surface area contributed by atoms with E-state index in [1.807, 2.05) is 0 Å². The lowest BCUT2D eigenvalue weighted by Crippen LogP contribution is -2.24. The summed E-state index contributed by atoms with van der Waals surface area (Å²) in [4.78, 5) is 22.4. The fourth-order valence-corrected chi connectivity index (χ4v) is 2.30. The van der Waals surface area contributed by atoms with Gasteiger partial charge in [-0.1, -0.05) is 18.2 Å². The second-order valence-corrected chi connectivity index (χ2v) is 5.60. The third-order valence-corrected chi connectivity index (χ3v) is 3.40. The van der Waals surface area contributed by atoms with Gasteiger partial charge < -0.3 is 19.9 Å². The van der Waals surface area contributed by atoms with Gasteiger partial charge in [-0.25, -0.2) is 9.18 Å². The Labute approximate surface area is 156 Å². The van der Waals surface area contributed by atoms with Crippen molar-refractivity contribution in [2.24, 2.45) is 0 Å². The van der Waals surface area contributed by atoms with Crippen LogP contribution in [0.4, 0.5) is 4.39 Å². The van der Waals surface area contributed by atoms with Gasteiger partial charge in [0.25, 0.3) is 0 Å². The quantitative estimate of drug-likeness (QED) is 0.693. The molecule has 2 aromatic rings. The van der Waals surface area contributed by atoms with Crippen molar-refractivity contribution in [1.29, 1.82) is 0 Å². The lowest BCUT2D eigenvalue weighted by Gasteiger charge is -2.13. The highest BCUT2D eigenvalue weighted by atomic mass is 19.1. The lowest BCUT2D eigenvalue weighted by molar-refractivity contribution is -0.134. The summed E-state index contributed by atoms with van der Waals surface area (Å²) in [6.07, 6.45) is 1.32. The Morgan fingerprint density at radius 2 is 1.93 bits per heavy atom. The minimum Gasteiger partial charge on any atom is -0.490 e. The second-order valence-electron chi connectivity index (χ2n) is 5.60. The molecule has 0 bridgehead atoms. The van der Waals surface area contributed by atoms with Crippen molar-refractivity contribution in [3.8, 4) is 11.5 Å². The molecular weight excluding hydrogens is 353 g/mol. The molecule has 0 saturated heterocycles. The van der Waals surface area contributed by atoms with Crippen LogP contribution in [0.1, 0.15) is 25.0 Å². The molecule has 0 heterocycles. The SMILES string of the molecule is CCOc1cc(C=C(NC(C)=O)C(=O)O)ccc1OCc1cccc(F)c1. The summed E-state index contributed by atoms with van der Waals surface area (Å²) in [7, 11) is 0. The van der Waals surface area contributed by atoms with E-state index in [1.165, 1.54) is 25.1 Å². The number of carbonyl (C=O) groups excluding carboxylic acids is 1. The summed E-state index contributed by atoms with van der Waals surface area (Å²) < 4.78 is 24.5. The predicted octanol–water partition coefficient (Wildman–Crippen LogP) is 3.37. The van der Waals surface area contributed by atoms with Gasteiger partial charge >= 0.3 is 5.97 Å². The topological polar surface area (TPSA) is 84.9 Å². The first-order valence-electron chi connectivity index (χ1n) is 8.25. The maximum atomic E-state index is 13.3. The first kappa shape index (κ1) is 20.0. The number of hydrogen-bond acceptors (Lipinski definition) is 4. The smallest absolute Gasteiger partial charge is 0.352 e. The molecule has 0 atom stereocenters. The van der Waals surface area contributed by atoms with Gasteiger partial charge in [0.15, 0.2) is 11.5 Å². The highest BCUT2D eigenvalue weighted by molar-refractivity contribution is 5.96. The molecule has 0 saturated carbocycles. The minimum absolute atomic E-state index is 0.152. The highest BCUT2D eigenvalue weighted by Gasteiger charge is 2.11. The molecule has 0 unspecified atom stereocenters. The van der Waals surface area contributed by atoms with Crippen LogP contribution < -0.4 is 14.8 Å². The van der Waals surface area contributed by atoms with Crippen molar-refractivity contribution < 1.29 is 28.6 Å². The molecule has 0 radical (unpaired) electrons. The third kappa shape index (κ3) is 6.14. The average molecular weight is 373 g/mol. The van der Waals surface area contributed by atoms with E-state index in [4.69, 9.17) is 9.47 Å². The number of hydrogen-bond donors (Lipinski definition) is 2. The molecule has 0 aliphatic rings. The first-order chi connectivity index (χ1) is 12.9. The van der Waals surface area contributed by atoms with Crippen LogP contribution in [-0.2, 0) is 16.2 Å². The van der Waals surface area contributed by atoms with Gasteiger partial charge in [-0.2, -0.15) is 0 Å². The maximum Gasteiger partial charge on any atom is 0.352 e. The van der Waals surface area contributed by atoms with E-state index >= 15 is 0 Å². The fourth-order valence-electron chi connectivity index (χ4n) is 2.30. The number of carboxylic acids is 1. The zero-order valence-electron chi connectivity index (χ0n) is 15.0. The Kier molecular flexibility index (Phi) is 6.93. The van der Waals surface area contributed by atoms with Gasteiger partial charge in [0.2, 0.25) is 5.91 Å². The predicted molar refractivity (Wildman–Crippen MR) is 97.8 cm³/mol. The molecule has 2 aromatic carbocycles. The van der Waals surface area contributed by atoms with Gasteiger partial charge in [-0.3, -0.25) is 4.79 Å². The number of rotatable bonds is 8. The van der Waals surface area contributed by atoms with E-state index in [0.717, 1.165) is 0 Å². The number of aliphatic carboxylic acids is 1. The molecule has 0 aromatic heterocycles. The van der Waals surface area contributed by atoms with E-state index in [2.05, 4.69) is 5.32 Å². The molecule has 1 amide bonds. The normalized spacial score (nSPS) is 11.0. The summed E-state index contributed by atoms with van der Waals surface area (Å²) in [5, 5.41) is 11.4. The molecule has 6 nitrogen and oxygen atoms in total. The third-order valence-electron chi connectivity index (χ3n) is 3.40. The molecule has 0 fully saturated rings. The zero-order chi connectivity index (χ0) is 19.8. The van der Waals surface area contributed by atoms with Crippen molar-refractivity contribution >= 4 is 18.0 Å². The summed E-state index contributed by atoms with van der Waals surface area (Å²) >= 11 is 0. The number of amides is 1. The van der Waals surface area contributed by atoms with Crippen LogP contribution in [0, 0.1) is 5.82 Å². The molecule has 27 heavy (non-hydrogen) atoms. The number of benzene rings is 2. The Hall–Kier alpha value is -3.35. The molecule has 7 heteroatoms. The van der Waals surface area contributed by atoms with Gasteiger partial charge in [0, 0.05) is 6.92 Å². The molecule has 0 spiro atoms. The summed E-state index contributed by atoms with van der Waals surface area (Å²) in [5.41, 5.74) is 0.932. The number of ether oxygens (including phenoxy) is 2. The van der Waals surface area contributed by atoms with Crippen molar-refractivity contribution in [1.82, 2.24) is 5.32 Å².